The number of hydrogen-bond donors (Lipinski definition) is 12. The minimum absolute atomic E-state index is 0.00500. The number of thiophene rings is 3. The van der Waals surface area contributed by atoms with Crippen LogP contribution in [0.1, 0.15) is 132 Å². The Morgan fingerprint density at radius 2 is 0.508 bits per heavy atom. The van der Waals surface area contributed by atoms with E-state index in [0.717, 1.165) is 81.4 Å². The molecule has 6 aromatic carbocycles. The summed E-state index contributed by atoms with van der Waals surface area (Å²) in [6, 6.07) is 57.1. The molecule has 0 saturated heterocycles. The molecule has 0 spiro atoms. The fourth-order valence-corrected chi connectivity index (χ4v) is 15.5. The van der Waals surface area contributed by atoms with Gasteiger partial charge >= 0.3 is 29.8 Å². The molecule has 3 aromatic heterocycles. The Morgan fingerprint density at radius 1 is 0.275 bits per heavy atom. The molecule has 0 fully saturated rings. The molecule has 0 aliphatic carbocycles. The Hall–Kier alpha value is -12.9. The van der Waals surface area contributed by atoms with Crippen molar-refractivity contribution in [3.63, 3.8) is 0 Å². The van der Waals surface area contributed by atoms with Gasteiger partial charge in [0.2, 0.25) is 41.4 Å². The number of Topliss-reactive ketones (excluding diaryl/α,β-unsaturated/α-hetero) is 3. The van der Waals surface area contributed by atoms with Gasteiger partial charge in [0.1, 0.15) is 0 Å². The fraction of sp³-hybridized carbons (Fsp3) is 0.300. The van der Waals surface area contributed by atoms with Crippen LogP contribution < -0.4 is 38.9 Å². The Balaban J connectivity index is 0.000000248. The zero-order valence-electron chi connectivity index (χ0n) is 65.8. The van der Waals surface area contributed by atoms with Gasteiger partial charge in [0.15, 0.2) is 17.3 Å². The minimum Gasteiger partial charge on any atom is -0.481 e. The number of nitrogens with two attached hydrogens (primary N) is 4. The highest BCUT2D eigenvalue weighted by molar-refractivity contribution is 7.14. The molecule has 120 heavy (non-hydrogen) atoms. The van der Waals surface area contributed by atoms with Crippen molar-refractivity contribution in [2.75, 3.05) is 0 Å². The van der Waals surface area contributed by atoms with Gasteiger partial charge in [-0.3, -0.25) is 71.9 Å². The quantitative estimate of drug-likeness (QED) is 0.0168. The van der Waals surface area contributed by atoms with Gasteiger partial charge in [-0.25, -0.2) is 0 Å². The molecule has 9 rings (SSSR count). The summed E-state index contributed by atoms with van der Waals surface area (Å²) >= 11 is 4.96. The number of ketones is 3. The lowest BCUT2D eigenvalue weighted by Gasteiger charge is -2.20. The summed E-state index contributed by atoms with van der Waals surface area (Å²) in [4.78, 5) is 181. The third-order valence-corrected chi connectivity index (χ3v) is 22.5. The van der Waals surface area contributed by atoms with Gasteiger partial charge < -0.3 is 64.4 Å². The second-order valence-corrected chi connectivity index (χ2v) is 31.4. The molecule has 7 amide bonds. The Labute approximate surface area is 705 Å². The Morgan fingerprint density at radius 3 is 0.733 bits per heavy atom. The van der Waals surface area contributed by atoms with Crippen LogP contribution in [0.25, 0.3) is 64.7 Å². The number of rotatable bonds is 48. The van der Waals surface area contributed by atoms with Crippen LogP contribution >= 0.6 is 34.0 Å². The topological polar surface area (TPSA) is 497 Å². The minimum atomic E-state index is -1.13. The average molecular weight is 1690 g/mol. The summed E-state index contributed by atoms with van der Waals surface area (Å²) in [6.45, 7) is 0. The number of carboxylic acid groups (broad SMARTS) is 5. The zero-order valence-corrected chi connectivity index (χ0v) is 68.2. The fourth-order valence-electron chi connectivity index (χ4n) is 12.7. The Kier molecular flexibility index (Phi) is 38.2. The van der Waals surface area contributed by atoms with Crippen LogP contribution in [-0.2, 0) is 91.2 Å². The number of aryl methyl sites for hydroxylation is 3. The van der Waals surface area contributed by atoms with Crippen molar-refractivity contribution in [1.82, 2.24) is 16.0 Å². The number of primary amides is 4. The number of benzene rings is 6. The van der Waals surface area contributed by atoms with E-state index < -0.39 is 124 Å². The normalized spacial score (nSPS) is 12.3. The summed E-state index contributed by atoms with van der Waals surface area (Å²) in [5.41, 5.74) is 34.0. The summed E-state index contributed by atoms with van der Waals surface area (Å²) in [7, 11) is 0. The number of hydrogen-bond acceptors (Lipinski definition) is 18. The van der Waals surface area contributed by atoms with E-state index in [0.29, 0.717) is 19.3 Å². The van der Waals surface area contributed by atoms with Crippen molar-refractivity contribution in [3.05, 3.63) is 215 Å². The lowest BCUT2D eigenvalue weighted by molar-refractivity contribution is -0.139. The number of nitrogens with one attached hydrogen (secondary N) is 3. The van der Waals surface area contributed by atoms with E-state index in [-0.39, 0.29) is 116 Å². The van der Waals surface area contributed by atoms with E-state index in [4.69, 9.17) is 48.5 Å². The molecule has 9 aromatic rings. The number of carboxylic acids is 5. The molecule has 0 aliphatic heterocycles. The van der Waals surface area contributed by atoms with Crippen LogP contribution in [0.4, 0.5) is 0 Å². The van der Waals surface area contributed by atoms with E-state index in [2.05, 4.69) is 86.7 Å². The third-order valence-electron chi connectivity index (χ3n) is 19.6. The molecule has 6 atom stereocenters. The highest BCUT2D eigenvalue weighted by Crippen LogP contribution is 2.36. The number of carbonyl (C=O) groups excluding carboxylic acids is 10. The second-order valence-electron chi connectivity index (χ2n) is 28.6. The summed E-state index contributed by atoms with van der Waals surface area (Å²) in [5, 5.41) is 59.0. The molecule has 16 N–H and O–H groups in total. The first-order valence-electron chi connectivity index (χ1n) is 38.8. The first kappa shape index (κ1) is 94.2. The summed E-state index contributed by atoms with van der Waals surface area (Å²) < 4.78 is 0. The predicted molar refractivity (Wildman–Crippen MR) is 456 cm³/mol. The highest BCUT2D eigenvalue weighted by Gasteiger charge is 2.31. The maximum Gasteiger partial charge on any atom is 0.303 e. The molecule has 0 bridgehead atoms. The molecular weight excluding hydrogens is 1600 g/mol. The van der Waals surface area contributed by atoms with Gasteiger partial charge in [-0.2, -0.15) is 0 Å². The van der Waals surface area contributed by atoms with Crippen LogP contribution in [-0.4, -0.2) is 132 Å². The van der Waals surface area contributed by atoms with Crippen molar-refractivity contribution in [1.29, 1.82) is 0 Å². The van der Waals surface area contributed by atoms with Crippen molar-refractivity contribution in [2.24, 2.45) is 40.7 Å². The first-order chi connectivity index (χ1) is 57.4. The van der Waals surface area contributed by atoms with Crippen LogP contribution in [0, 0.1) is 17.8 Å². The van der Waals surface area contributed by atoms with E-state index in [1.807, 2.05) is 127 Å². The van der Waals surface area contributed by atoms with Gasteiger partial charge in [-0.1, -0.05) is 164 Å². The SMILES string of the molecule is NC(=O)CC[C@H](CC(=O)[C@H](CCC(=O)O)NC(=O)CCc1ccc(-c2cc(-c3ccccc3)cs2)cc1)C(N)=O.NC(=O)[C@@H](CCC(=O)O)CC(=O)[C@H](CCC(=O)O)NC(=O)CCc1ccc(-c2cc(-c3ccccc3)cs2)cc1.NC(=O)[C@H](CCC(=O)O)CC(=O)[C@H](CCC(=O)O)NC(=O)CCc1ccc(-c2cc(-c3ccccc3)cs2)cc1. The molecule has 27 nitrogen and oxygen atoms in total. The second kappa shape index (κ2) is 48.7. The molecular formula is C90H97N7O20S3. The van der Waals surface area contributed by atoms with Crippen LogP contribution in [0.3, 0.4) is 0 Å². The maximum atomic E-state index is 12.9. The zero-order chi connectivity index (χ0) is 87.2. The van der Waals surface area contributed by atoms with Gasteiger partial charge in [0, 0.05) is 109 Å². The van der Waals surface area contributed by atoms with Crippen LogP contribution in [0.5, 0.6) is 0 Å². The van der Waals surface area contributed by atoms with Crippen LogP contribution in [0.2, 0.25) is 0 Å². The molecule has 630 valence electrons. The first-order valence-corrected chi connectivity index (χ1v) is 41.4. The molecule has 30 heteroatoms. The van der Waals surface area contributed by atoms with Crippen molar-refractivity contribution in [3.8, 4) is 64.7 Å². The summed E-state index contributed by atoms with van der Waals surface area (Å²) in [5.74, 6) is -14.5. The molecule has 3 heterocycles. The molecule has 0 saturated carbocycles. The largest absolute Gasteiger partial charge is 0.481 e. The third kappa shape index (κ3) is 33.2. The number of amides is 7. The number of aliphatic carboxylic acids is 5. The van der Waals surface area contributed by atoms with Gasteiger partial charge in [-0.15, -0.1) is 34.0 Å². The maximum absolute atomic E-state index is 12.9. The van der Waals surface area contributed by atoms with Crippen molar-refractivity contribution < 1.29 is 97.5 Å². The van der Waals surface area contributed by atoms with Crippen molar-refractivity contribution >= 4 is 123 Å². The monoisotopic (exact) mass is 1690 g/mol. The highest BCUT2D eigenvalue weighted by atomic mass is 32.1. The van der Waals surface area contributed by atoms with Gasteiger partial charge in [0.25, 0.3) is 0 Å². The van der Waals surface area contributed by atoms with E-state index in [1.54, 1.807) is 34.0 Å². The van der Waals surface area contributed by atoms with Gasteiger partial charge in [0.05, 0.1) is 18.1 Å². The predicted octanol–water partition coefficient (Wildman–Crippen LogP) is 12.3. The smallest absolute Gasteiger partial charge is 0.303 e. The van der Waals surface area contributed by atoms with E-state index >= 15 is 0 Å². The van der Waals surface area contributed by atoms with E-state index in [9.17, 15) is 71.9 Å². The van der Waals surface area contributed by atoms with E-state index in [1.165, 1.54) is 0 Å². The standard InChI is InChI=1S/C30H33N3O6S.2C30H32N2O7S/c31-27(35)13-11-22(30(32)39)16-25(34)24(12-15-29(37)38)33-28(36)14-8-19-6-9-21(10-7-19)26-17-23(18-40-26)20-4-2-1-3-5-20;2*31-30(39)22(11-14-28(35)36)16-25(33)24(12-15-29(37)38)32-27(34)13-8-19-6-9-21(10-7-19)26-17-23(18-40-26)20-4-2-1-3-5-20/h1-7,9-10,17-18,22,24H,8,11-16H2,(H2,31,35)(H2,32,39)(H,33,36)(H,37,38);2*1-7,9-10,17-18,22,24H,8,11-16H2,(H2,31,39)(H,32,34)(H,35,36)(H,37,38)/t2*22-,24+;22-,24-/m110/s1. The van der Waals surface area contributed by atoms with Crippen molar-refractivity contribution in [2.45, 2.75) is 153 Å². The lowest BCUT2D eigenvalue weighted by Crippen LogP contribution is -2.43. The van der Waals surface area contributed by atoms with Crippen LogP contribution in [0.15, 0.2) is 198 Å². The van der Waals surface area contributed by atoms with Gasteiger partial charge in [-0.05, 0) is 159 Å². The summed E-state index contributed by atoms with van der Waals surface area (Å²) in [6.07, 6.45) is -2.08. The molecule has 0 unspecified atom stereocenters. The number of carbonyl (C=O) groups is 15. The average Bonchev–Trinajstić information content (AvgIpc) is 1.73. The Bertz CT molecular complexity index is 4500. The lowest BCUT2D eigenvalue weighted by atomic mass is 9.92. The molecule has 0 aliphatic rings. The molecule has 0 radical (unpaired) electrons.